The van der Waals surface area contributed by atoms with E-state index in [0.717, 1.165) is 11.3 Å². The predicted molar refractivity (Wildman–Crippen MR) is 71.6 cm³/mol. The van der Waals surface area contributed by atoms with Crippen LogP contribution in [0.1, 0.15) is 23.0 Å². The van der Waals surface area contributed by atoms with Gasteiger partial charge < -0.3 is 14.2 Å². The molecule has 0 N–H and O–H groups in total. The highest BCUT2D eigenvalue weighted by Crippen LogP contribution is 2.22. The van der Waals surface area contributed by atoms with Crippen LogP contribution in [0.4, 0.5) is 5.69 Å². The van der Waals surface area contributed by atoms with Crippen LogP contribution in [0.2, 0.25) is 0 Å². The lowest BCUT2D eigenvalue weighted by atomic mass is 10.1. The van der Waals surface area contributed by atoms with Gasteiger partial charge in [0.25, 0.3) is 11.8 Å². The van der Waals surface area contributed by atoms with E-state index in [1.807, 2.05) is 38.1 Å². The Morgan fingerprint density at radius 2 is 2.16 bits per heavy atom. The molecular formula is C14H16N2O3. The van der Waals surface area contributed by atoms with Crippen molar-refractivity contribution in [3.63, 3.8) is 0 Å². The number of methoxy groups -OCH3 is 1. The van der Waals surface area contributed by atoms with Gasteiger partial charge >= 0.3 is 0 Å². The molecule has 2 aromatic rings. The summed E-state index contributed by atoms with van der Waals surface area (Å²) in [6.45, 7) is 4.43. The molecule has 100 valence electrons. The molecule has 0 radical (unpaired) electrons. The van der Waals surface area contributed by atoms with Gasteiger partial charge in [0, 0.05) is 12.2 Å². The third kappa shape index (κ3) is 2.59. The van der Waals surface area contributed by atoms with Gasteiger partial charge in [-0.1, -0.05) is 18.2 Å². The molecule has 0 saturated carbocycles. The Kier molecular flexibility index (Phi) is 3.85. The van der Waals surface area contributed by atoms with Crippen LogP contribution in [0.15, 0.2) is 34.9 Å². The molecule has 19 heavy (non-hydrogen) atoms. The van der Waals surface area contributed by atoms with Gasteiger partial charge in [-0.2, -0.15) is 0 Å². The first kappa shape index (κ1) is 13.1. The second-order valence-electron chi connectivity index (χ2n) is 4.07. The molecule has 2 rings (SSSR count). The standard InChI is InChI=1S/C14H16N2O3/c1-4-16(11-8-6-5-7-10(11)2)14(17)12-9-13(18-3)15-19-12/h5-9H,4H2,1-3H3. The number of carbonyl (C=O) groups is 1. The van der Waals surface area contributed by atoms with Crippen molar-refractivity contribution < 1.29 is 14.1 Å². The summed E-state index contributed by atoms with van der Waals surface area (Å²) in [5.74, 6) is 0.235. The van der Waals surface area contributed by atoms with Crippen molar-refractivity contribution in [2.24, 2.45) is 0 Å². The molecule has 1 aromatic carbocycles. The van der Waals surface area contributed by atoms with Crippen LogP contribution in [0.25, 0.3) is 0 Å². The molecule has 0 aliphatic rings. The molecule has 0 fully saturated rings. The van der Waals surface area contributed by atoms with Crippen LogP contribution in [0.5, 0.6) is 5.88 Å². The number of amides is 1. The van der Waals surface area contributed by atoms with Gasteiger partial charge in [-0.25, -0.2) is 0 Å². The first-order valence-electron chi connectivity index (χ1n) is 6.05. The molecule has 5 nitrogen and oxygen atoms in total. The number of rotatable bonds is 4. The summed E-state index contributed by atoms with van der Waals surface area (Å²) in [5, 5.41) is 3.64. The predicted octanol–water partition coefficient (Wildman–Crippen LogP) is 2.66. The van der Waals surface area contributed by atoms with E-state index in [1.54, 1.807) is 4.90 Å². The summed E-state index contributed by atoms with van der Waals surface area (Å²) in [5.41, 5.74) is 1.90. The minimum atomic E-state index is -0.229. The number of carbonyl (C=O) groups excluding carboxylic acids is 1. The first-order chi connectivity index (χ1) is 9.17. The highest BCUT2D eigenvalue weighted by atomic mass is 16.5. The third-order valence-electron chi connectivity index (χ3n) is 2.88. The Bertz CT molecular complexity index is 578. The second kappa shape index (κ2) is 5.56. The van der Waals surface area contributed by atoms with Gasteiger partial charge in [0.1, 0.15) is 0 Å². The van der Waals surface area contributed by atoms with Crippen molar-refractivity contribution in [2.75, 3.05) is 18.6 Å². The van der Waals surface area contributed by atoms with E-state index in [9.17, 15) is 4.79 Å². The maximum absolute atomic E-state index is 12.4. The fourth-order valence-corrected chi connectivity index (χ4v) is 1.88. The van der Waals surface area contributed by atoms with Crippen LogP contribution in [0, 0.1) is 6.92 Å². The van der Waals surface area contributed by atoms with Crippen LogP contribution >= 0.6 is 0 Å². The van der Waals surface area contributed by atoms with Crippen molar-refractivity contribution in [2.45, 2.75) is 13.8 Å². The quantitative estimate of drug-likeness (QED) is 0.848. The number of hydrogen-bond donors (Lipinski definition) is 0. The number of ether oxygens (including phenoxy) is 1. The largest absolute Gasteiger partial charge is 0.479 e. The lowest BCUT2D eigenvalue weighted by molar-refractivity contribution is 0.0952. The molecule has 1 heterocycles. The van der Waals surface area contributed by atoms with E-state index in [0.29, 0.717) is 12.4 Å². The topological polar surface area (TPSA) is 55.6 Å². The summed E-state index contributed by atoms with van der Waals surface area (Å²) >= 11 is 0. The number of hydrogen-bond acceptors (Lipinski definition) is 4. The smallest absolute Gasteiger partial charge is 0.297 e. The third-order valence-corrected chi connectivity index (χ3v) is 2.88. The van der Waals surface area contributed by atoms with Gasteiger partial charge in [-0.3, -0.25) is 4.79 Å². The van der Waals surface area contributed by atoms with Gasteiger partial charge in [0.05, 0.1) is 13.2 Å². The number of benzene rings is 1. The molecule has 0 atom stereocenters. The number of nitrogens with zero attached hydrogens (tertiary/aromatic N) is 2. The van der Waals surface area contributed by atoms with E-state index < -0.39 is 0 Å². The Morgan fingerprint density at radius 3 is 2.74 bits per heavy atom. The molecule has 0 bridgehead atoms. The highest BCUT2D eigenvalue weighted by molar-refractivity contribution is 6.04. The Balaban J connectivity index is 2.32. The van der Waals surface area contributed by atoms with Crippen molar-refractivity contribution in [3.8, 4) is 5.88 Å². The Hall–Kier alpha value is -2.30. The molecule has 0 aliphatic heterocycles. The summed E-state index contributed by atoms with van der Waals surface area (Å²) < 4.78 is 9.91. The lowest BCUT2D eigenvalue weighted by Crippen LogP contribution is -2.30. The molecule has 0 aliphatic carbocycles. The SMILES string of the molecule is CCN(C(=O)c1cc(OC)no1)c1ccccc1C. The molecule has 1 amide bonds. The number of anilines is 1. The minimum Gasteiger partial charge on any atom is -0.479 e. The van der Waals surface area contributed by atoms with Crippen LogP contribution in [-0.4, -0.2) is 24.7 Å². The zero-order valence-electron chi connectivity index (χ0n) is 11.2. The maximum Gasteiger partial charge on any atom is 0.297 e. The van der Waals surface area contributed by atoms with Gasteiger partial charge in [-0.15, -0.1) is 0 Å². The van der Waals surface area contributed by atoms with E-state index in [2.05, 4.69) is 5.16 Å². The molecule has 5 heteroatoms. The number of para-hydroxylation sites is 1. The Labute approximate surface area is 111 Å². The van der Waals surface area contributed by atoms with Crippen LogP contribution in [-0.2, 0) is 0 Å². The van der Waals surface area contributed by atoms with E-state index in [4.69, 9.17) is 9.26 Å². The summed E-state index contributed by atoms with van der Waals surface area (Å²) in [6.07, 6.45) is 0. The zero-order chi connectivity index (χ0) is 13.8. The summed E-state index contributed by atoms with van der Waals surface area (Å²) in [7, 11) is 1.48. The normalized spacial score (nSPS) is 10.3. The van der Waals surface area contributed by atoms with Crippen molar-refractivity contribution in [3.05, 3.63) is 41.7 Å². The Morgan fingerprint density at radius 1 is 1.42 bits per heavy atom. The lowest BCUT2D eigenvalue weighted by Gasteiger charge is -2.21. The zero-order valence-corrected chi connectivity index (χ0v) is 11.2. The fourth-order valence-electron chi connectivity index (χ4n) is 1.88. The summed E-state index contributed by atoms with van der Waals surface area (Å²) in [4.78, 5) is 14.0. The van der Waals surface area contributed by atoms with E-state index in [1.165, 1.54) is 13.2 Å². The fraction of sp³-hybridized carbons (Fsp3) is 0.286. The van der Waals surface area contributed by atoms with Crippen molar-refractivity contribution in [1.29, 1.82) is 0 Å². The van der Waals surface area contributed by atoms with Gasteiger partial charge in [0.15, 0.2) is 0 Å². The number of aromatic nitrogens is 1. The minimum absolute atomic E-state index is 0.168. The van der Waals surface area contributed by atoms with E-state index >= 15 is 0 Å². The summed E-state index contributed by atoms with van der Waals surface area (Å²) in [6, 6.07) is 9.20. The maximum atomic E-state index is 12.4. The molecule has 0 unspecified atom stereocenters. The molecule has 0 saturated heterocycles. The number of aryl methyl sites for hydroxylation is 1. The molecular weight excluding hydrogens is 244 g/mol. The van der Waals surface area contributed by atoms with Gasteiger partial charge in [0.2, 0.25) is 5.76 Å². The average Bonchev–Trinajstić information content (AvgIpc) is 2.90. The average molecular weight is 260 g/mol. The van der Waals surface area contributed by atoms with Crippen molar-refractivity contribution in [1.82, 2.24) is 5.16 Å². The molecule has 0 spiro atoms. The monoisotopic (exact) mass is 260 g/mol. The van der Waals surface area contributed by atoms with Crippen molar-refractivity contribution >= 4 is 11.6 Å². The van der Waals surface area contributed by atoms with Crippen LogP contribution < -0.4 is 9.64 Å². The second-order valence-corrected chi connectivity index (χ2v) is 4.07. The van der Waals surface area contributed by atoms with Gasteiger partial charge in [-0.05, 0) is 30.6 Å². The van der Waals surface area contributed by atoms with E-state index in [-0.39, 0.29) is 11.7 Å². The highest BCUT2D eigenvalue weighted by Gasteiger charge is 2.22. The van der Waals surface area contributed by atoms with Crippen LogP contribution in [0.3, 0.4) is 0 Å². The molecule has 1 aromatic heterocycles. The first-order valence-corrected chi connectivity index (χ1v) is 6.05.